The highest BCUT2D eigenvalue weighted by molar-refractivity contribution is 5.44. The fraction of sp³-hybridized carbons (Fsp3) is 0.667. The van der Waals surface area contributed by atoms with Gasteiger partial charge in [-0.05, 0) is 41.9 Å². The summed E-state index contributed by atoms with van der Waals surface area (Å²) in [6, 6.07) is 4.35. The SMILES string of the molecule is COCCN(CC1CCCN1)c1ccc2nnnn2n1. The molecule has 2 aromatic heterocycles. The van der Waals surface area contributed by atoms with Crippen LogP contribution in [0.2, 0.25) is 0 Å². The number of nitrogens with one attached hydrogen (secondary N) is 1. The zero-order valence-corrected chi connectivity index (χ0v) is 11.6. The van der Waals surface area contributed by atoms with Crippen LogP contribution in [-0.4, -0.2) is 64.6 Å². The van der Waals surface area contributed by atoms with Crippen molar-refractivity contribution in [3.05, 3.63) is 12.1 Å². The average molecular weight is 277 g/mol. The van der Waals surface area contributed by atoms with Crippen LogP contribution in [0.4, 0.5) is 5.82 Å². The van der Waals surface area contributed by atoms with Gasteiger partial charge in [-0.15, -0.1) is 14.8 Å². The number of aromatic nitrogens is 5. The molecule has 8 heteroatoms. The van der Waals surface area contributed by atoms with E-state index in [1.807, 2.05) is 12.1 Å². The fourth-order valence-corrected chi connectivity index (χ4v) is 2.49. The Morgan fingerprint density at radius 3 is 3.25 bits per heavy atom. The van der Waals surface area contributed by atoms with Gasteiger partial charge in [0, 0.05) is 26.2 Å². The van der Waals surface area contributed by atoms with Crippen LogP contribution < -0.4 is 10.2 Å². The Kier molecular flexibility index (Phi) is 4.03. The van der Waals surface area contributed by atoms with Gasteiger partial charge in [0.25, 0.3) is 0 Å². The number of methoxy groups -OCH3 is 1. The maximum Gasteiger partial charge on any atom is 0.200 e. The van der Waals surface area contributed by atoms with Crippen LogP contribution in [-0.2, 0) is 4.74 Å². The van der Waals surface area contributed by atoms with Crippen molar-refractivity contribution >= 4 is 11.5 Å². The topological polar surface area (TPSA) is 80.5 Å². The van der Waals surface area contributed by atoms with Gasteiger partial charge < -0.3 is 15.0 Å². The van der Waals surface area contributed by atoms with E-state index >= 15 is 0 Å². The van der Waals surface area contributed by atoms with Crippen molar-refractivity contribution in [1.82, 2.24) is 30.6 Å². The van der Waals surface area contributed by atoms with Crippen LogP contribution >= 0.6 is 0 Å². The predicted octanol–water partition coefficient (Wildman–Crippen LogP) is -0.276. The van der Waals surface area contributed by atoms with E-state index in [9.17, 15) is 0 Å². The molecule has 2 aromatic rings. The second kappa shape index (κ2) is 6.10. The first-order valence-electron chi connectivity index (χ1n) is 6.89. The molecule has 1 saturated heterocycles. The van der Waals surface area contributed by atoms with Crippen molar-refractivity contribution in [3.63, 3.8) is 0 Å². The molecule has 1 unspecified atom stereocenters. The van der Waals surface area contributed by atoms with Gasteiger partial charge in [0.15, 0.2) is 11.5 Å². The number of nitrogens with zero attached hydrogens (tertiary/aromatic N) is 6. The van der Waals surface area contributed by atoms with E-state index in [0.29, 0.717) is 18.3 Å². The third-order valence-electron chi connectivity index (χ3n) is 3.55. The van der Waals surface area contributed by atoms with Crippen LogP contribution in [0, 0.1) is 0 Å². The minimum absolute atomic E-state index is 0.512. The molecule has 20 heavy (non-hydrogen) atoms. The average Bonchev–Trinajstić information content (AvgIpc) is 3.13. The van der Waals surface area contributed by atoms with E-state index < -0.39 is 0 Å². The summed E-state index contributed by atoms with van der Waals surface area (Å²) in [5, 5.41) is 19.3. The minimum atomic E-state index is 0.512. The fourth-order valence-electron chi connectivity index (χ4n) is 2.49. The monoisotopic (exact) mass is 277 g/mol. The molecule has 108 valence electrons. The Hall–Kier alpha value is -1.80. The molecule has 0 radical (unpaired) electrons. The standard InChI is InChI=1S/C12H19N7O/c1-20-8-7-18(9-10-3-2-6-13-10)12-5-4-11-14-16-17-19(11)15-12/h4-5,10,13H,2-3,6-9H2,1H3. The van der Waals surface area contributed by atoms with E-state index in [-0.39, 0.29) is 0 Å². The maximum atomic E-state index is 5.19. The lowest BCUT2D eigenvalue weighted by Gasteiger charge is -2.26. The molecule has 0 spiro atoms. The molecule has 3 heterocycles. The number of tetrazole rings is 1. The molecule has 1 N–H and O–H groups in total. The number of fused-ring (bicyclic) bond motifs is 1. The highest BCUT2D eigenvalue weighted by Crippen LogP contribution is 2.14. The van der Waals surface area contributed by atoms with E-state index in [1.54, 1.807) is 7.11 Å². The van der Waals surface area contributed by atoms with Crippen molar-refractivity contribution in [1.29, 1.82) is 0 Å². The first kappa shape index (κ1) is 13.2. The molecule has 1 aliphatic rings. The summed E-state index contributed by atoms with van der Waals surface area (Å²) >= 11 is 0. The molecular weight excluding hydrogens is 258 g/mol. The smallest absolute Gasteiger partial charge is 0.200 e. The van der Waals surface area contributed by atoms with Crippen molar-refractivity contribution in [2.75, 3.05) is 38.3 Å². The van der Waals surface area contributed by atoms with E-state index in [0.717, 1.165) is 25.5 Å². The summed E-state index contributed by atoms with van der Waals surface area (Å²) in [6.45, 7) is 3.49. The van der Waals surface area contributed by atoms with E-state index in [4.69, 9.17) is 4.74 Å². The third-order valence-corrected chi connectivity index (χ3v) is 3.55. The molecule has 0 aliphatic carbocycles. The molecule has 1 aliphatic heterocycles. The molecule has 1 fully saturated rings. The summed E-state index contributed by atoms with van der Waals surface area (Å²) in [4.78, 5) is 2.22. The number of anilines is 1. The van der Waals surface area contributed by atoms with Crippen molar-refractivity contribution in [2.45, 2.75) is 18.9 Å². The van der Waals surface area contributed by atoms with Gasteiger partial charge >= 0.3 is 0 Å². The Balaban J connectivity index is 1.78. The second-order valence-electron chi connectivity index (χ2n) is 4.95. The second-order valence-corrected chi connectivity index (χ2v) is 4.95. The Labute approximate surface area is 117 Å². The molecule has 0 bridgehead atoms. The number of rotatable bonds is 6. The zero-order valence-electron chi connectivity index (χ0n) is 11.6. The highest BCUT2D eigenvalue weighted by Gasteiger charge is 2.19. The summed E-state index contributed by atoms with van der Waals surface area (Å²) in [5.41, 5.74) is 0.652. The number of hydrogen-bond donors (Lipinski definition) is 1. The number of hydrogen-bond acceptors (Lipinski definition) is 7. The van der Waals surface area contributed by atoms with Crippen LogP contribution in [0.15, 0.2) is 12.1 Å². The molecule has 8 nitrogen and oxygen atoms in total. The summed E-state index contributed by atoms with van der Waals surface area (Å²) in [6.07, 6.45) is 2.44. The summed E-state index contributed by atoms with van der Waals surface area (Å²) < 4.78 is 6.65. The quantitative estimate of drug-likeness (QED) is 0.778. The summed E-state index contributed by atoms with van der Waals surface area (Å²) in [7, 11) is 1.71. The van der Waals surface area contributed by atoms with Crippen molar-refractivity contribution in [3.8, 4) is 0 Å². The lowest BCUT2D eigenvalue weighted by atomic mass is 10.2. The zero-order chi connectivity index (χ0) is 13.8. The lowest BCUT2D eigenvalue weighted by molar-refractivity contribution is 0.204. The third kappa shape index (κ3) is 2.86. The van der Waals surface area contributed by atoms with E-state index in [1.165, 1.54) is 17.5 Å². The van der Waals surface area contributed by atoms with Gasteiger partial charge in [-0.1, -0.05) is 0 Å². The maximum absolute atomic E-state index is 5.19. The van der Waals surface area contributed by atoms with Gasteiger partial charge in [-0.2, -0.15) is 0 Å². The lowest BCUT2D eigenvalue weighted by Crippen LogP contribution is -2.39. The Bertz CT molecular complexity index is 551. The molecular formula is C12H19N7O. The normalized spacial score (nSPS) is 18.8. The van der Waals surface area contributed by atoms with Gasteiger partial charge in [0.05, 0.1) is 6.61 Å². The molecule has 3 rings (SSSR count). The molecule has 1 atom stereocenters. The predicted molar refractivity (Wildman–Crippen MR) is 73.7 cm³/mol. The van der Waals surface area contributed by atoms with Crippen LogP contribution in [0.3, 0.4) is 0 Å². The summed E-state index contributed by atoms with van der Waals surface area (Å²) in [5.74, 6) is 0.871. The van der Waals surface area contributed by atoms with Crippen LogP contribution in [0.25, 0.3) is 5.65 Å². The van der Waals surface area contributed by atoms with Gasteiger partial charge in [-0.25, -0.2) is 0 Å². The van der Waals surface area contributed by atoms with Crippen molar-refractivity contribution < 1.29 is 4.74 Å². The largest absolute Gasteiger partial charge is 0.383 e. The molecule has 0 aromatic carbocycles. The Morgan fingerprint density at radius 2 is 2.45 bits per heavy atom. The highest BCUT2D eigenvalue weighted by atomic mass is 16.5. The van der Waals surface area contributed by atoms with E-state index in [2.05, 4.69) is 30.8 Å². The van der Waals surface area contributed by atoms with Gasteiger partial charge in [0.1, 0.15) is 0 Å². The van der Waals surface area contributed by atoms with Gasteiger partial charge in [-0.3, -0.25) is 0 Å². The first-order chi connectivity index (χ1) is 9.86. The first-order valence-corrected chi connectivity index (χ1v) is 6.89. The van der Waals surface area contributed by atoms with Crippen LogP contribution in [0.1, 0.15) is 12.8 Å². The number of ether oxygens (including phenoxy) is 1. The minimum Gasteiger partial charge on any atom is -0.383 e. The molecule has 0 saturated carbocycles. The van der Waals surface area contributed by atoms with Crippen LogP contribution in [0.5, 0.6) is 0 Å². The Morgan fingerprint density at radius 1 is 1.50 bits per heavy atom. The van der Waals surface area contributed by atoms with Gasteiger partial charge in [0.2, 0.25) is 0 Å². The van der Waals surface area contributed by atoms with Crippen molar-refractivity contribution in [2.24, 2.45) is 0 Å². The molecule has 0 amide bonds.